The lowest BCUT2D eigenvalue weighted by atomic mass is 10.2. The molecule has 1 unspecified atom stereocenters. The molecule has 4 heteroatoms. The van der Waals surface area contributed by atoms with Gasteiger partial charge in [0.25, 0.3) is 0 Å². The Morgan fingerprint density at radius 1 is 1.53 bits per heavy atom. The van der Waals surface area contributed by atoms with E-state index in [2.05, 4.69) is 5.32 Å². The van der Waals surface area contributed by atoms with Crippen molar-refractivity contribution < 1.29 is 9.13 Å². The van der Waals surface area contributed by atoms with Gasteiger partial charge in [0, 0.05) is 23.5 Å². The Kier molecular flexibility index (Phi) is 3.36. The number of rotatable bonds is 3. The van der Waals surface area contributed by atoms with Crippen molar-refractivity contribution in [3.63, 3.8) is 0 Å². The summed E-state index contributed by atoms with van der Waals surface area (Å²) in [6.07, 6.45) is 1.15. The van der Waals surface area contributed by atoms with Crippen LogP contribution in [-0.2, 0) is 0 Å². The molecule has 0 amide bonds. The molecule has 0 radical (unpaired) electrons. The Morgan fingerprint density at radius 2 is 2.40 bits per heavy atom. The first-order valence-corrected chi connectivity index (χ1v) is 6.13. The van der Waals surface area contributed by atoms with Crippen molar-refractivity contribution >= 4 is 17.4 Å². The second-order valence-electron chi connectivity index (χ2n) is 3.55. The minimum Gasteiger partial charge on any atom is -0.494 e. The number of benzene rings is 1. The van der Waals surface area contributed by atoms with Gasteiger partial charge in [-0.05, 0) is 24.3 Å². The third-order valence-electron chi connectivity index (χ3n) is 2.45. The summed E-state index contributed by atoms with van der Waals surface area (Å²) in [6.45, 7) is 0. The summed E-state index contributed by atoms with van der Waals surface area (Å²) < 4.78 is 18.2. The van der Waals surface area contributed by atoms with Crippen LogP contribution in [-0.4, -0.2) is 24.7 Å². The van der Waals surface area contributed by atoms with Gasteiger partial charge >= 0.3 is 0 Å². The highest BCUT2D eigenvalue weighted by molar-refractivity contribution is 7.99. The fraction of sp³-hybridized carbons (Fsp3) is 0.455. The molecule has 0 aliphatic carbocycles. The zero-order valence-corrected chi connectivity index (χ0v) is 9.44. The number of ether oxygens (including phenoxy) is 1. The SMILES string of the molecule is COc1ccc(NC2CCSC2)cc1F. The number of hydrogen-bond acceptors (Lipinski definition) is 3. The molecule has 1 saturated heterocycles. The molecule has 15 heavy (non-hydrogen) atoms. The van der Waals surface area contributed by atoms with Gasteiger partial charge in [0.15, 0.2) is 11.6 Å². The standard InChI is InChI=1S/C11H14FNOS/c1-14-11-3-2-8(6-10(11)12)13-9-4-5-15-7-9/h2-3,6,9,13H,4-5,7H2,1H3. The normalized spacial score (nSPS) is 20.3. The average Bonchev–Trinajstić information content (AvgIpc) is 2.71. The summed E-state index contributed by atoms with van der Waals surface area (Å²) in [5.41, 5.74) is 0.834. The highest BCUT2D eigenvalue weighted by atomic mass is 32.2. The second kappa shape index (κ2) is 4.75. The molecule has 0 bridgehead atoms. The quantitative estimate of drug-likeness (QED) is 0.858. The van der Waals surface area contributed by atoms with Gasteiger partial charge in [-0.25, -0.2) is 4.39 Å². The summed E-state index contributed by atoms with van der Waals surface area (Å²) in [4.78, 5) is 0. The second-order valence-corrected chi connectivity index (χ2v) is 4.70. The molecule has 2 rings (SSSR count). The lowest BCUT2D eigenvalue weighted by Crippen LogP contribution is -2.18. The molecule has 82 valence electrons. The smallest absolute Gasteiger partial charge is 0.167 e. The Bertz CT molecular complexity index is 339. The van der Waals surface area contributed by atoms with E-state index in [0.717, 1.165) is 17.9 Å². The van der Waals surface area contributed by atoms with Crippen LogP contribution in [0, 0.1) is 5.82 Å². The molecule has 2 nitrogen and oxygen atoms in total. The molecule has 1 aliphatic heterocycles. The fourth-order valence-corrected chi connectivity index (χ4v) is 2.79. The third-order valence-corrected chi connectivity index (χ3v) is 3.61. The minimum atomic E-state index is -0.312. The van der Waals surface area contributed by atoms with Gasteiger partial charge in [-0.1, -0.05) is 0 Å². The van der Waals surface area contributed by atoms with E-state index in [1.165, 1.54) is 18.9 Å². The van der Waals surface area contributed by atoms with Crippen molar-refractivity contribution in [1.29, 1.82) is 0 Å². The van der Waals surface area contributed by atoms with E-state index in [1.807, 2.05) is 17.8 Å². The van der Waals surface area contributed by atoms with Gasteiger partial charge < -0.3 is 10.1 Å². The Labute approximate surface area is 93.2 Å². The molecule has 1 N–H and O–H groups in total. The summed E-state index contributed by atoms with van der Waals surface area (Å²) in [5.74, 6) is 2.28. The molecule has 0 aromatic heterocycles. The monoisotopic (exact) mass is 227 g/mol. The first-order valence-electron chi connectivity index (χ1n) is 4.97. The lowest BCUT2D eigenvalue weighted by molar-refractivity contribution is 0.386. The summed E-state index contributed by atoms with van der Waals surface area (Å²) in [6, 6.07) is 5.47. The van der Waals surface area contributed by atoms with E-state index in [4.69, 9.17) is 4.74 Å². The number of nitrogens with one attached hydrogen (secondary N) is 1. The van der Waals surface area contributed by atoms with E-state index in [1.54, 1.807) is 6.07 Å². The van der Waals surface area contributed by atoms with Crippen molar-refractivity contribution in [1.82, 2.24) is 0 Å². The number of anilines is 1. The Morgan fingerprint density at radius 3 is 3.00 bits per heavy atom. The maximum atomic E-state index is 13.4. The summed E-state index contributed by atoms with van der Waals surface area (Å²) in [7, 11) is 1.47. The average molecular weight is 227 g/mol. The number of thioether (sulfide) groups is 1. The van der Waals surface area contributed by atoms with E-state index in [-0.39, 0.29) is 5.82 Å². The zero-order valence-electron chi connectivity index (χ0n) is 8.63. The fourth-order valence-electron chi connectivity index (χ4n) is 1.64. The van der Waals surface area contributed by atoms with E-state index in [0.29, 0.717) is 11.8 Å². The molecule has 1 aliphatic rings. The van der Waals surface area contributed by atoms with Crippen LogP contribution >= 0.6 is 11.8 Å². The van der Waals surface area contributed by atoms with Crippen molar-refractivity contribution in [3.8, 4) is 5.75 Å². The highest BCUT2D eigenvalue weighted by Crippen LogP contribution is 2.24. The number of methoxy groups -OCH3 is 1. The zero-order chi connectivity index (χ0) is 10.7. The third kappa shape index (κ3) is 2.56. The van der Waals surface area contributed by atoms with Crippen LogP contribution in [0.3, 0.4) is 0 Å². The van der Waals surface area contributed by atoms with Gasteiger partial charge in [-0.2, -0.15) is 11.8 Å². The van der Waals surface area contributed by atoms with Crippen LogP contribution in [0.15, 0.2) is 18.2 Å². The largest absolute Gasteiger partial charge is 0.494 e. The van der Waals surface area contributed by atoms with Crippen LogP contribution in [0.4, 0.5) is 10.1 Å². The molecule has 0 spiro atoms. The predicted molar refractivity (Wildman–Crippen MR) is 62.3 cm³/mol. The van der Waals surface area contributed by atoms with Crippen LogP contribution in [0.5, 0.6) is 5.75 Å². The molecule has 1 aromatic rings. The van der Waals surface area contributed by atoms with Crippen molar-refractivity contribution in [3.05, 3.63) is 24.0 Å². The van der Waals surface area contributed by atoms with Crippen molar-refractivity contribution in [2.45, 2.75) is 12.5 Å². The van der Waals surface area contributed by atoms with Crippen molar-refractivity contribution in [2.75, 3.05) is 23.9 Å². The highest BCUT2D eigenvalue weighted by Gasteiger charge is 2.15. The first-order chi connectivity index (χ1) is 7.29. The minimum absolute atomic E-state index is 0.293. The molecular formula is C11H14FNOS. The van der Waals surface area contributed by atoms with Gasteiger partial charge in [0.2, 0.25) is 0 Å². The van der Waals surface area contributed by atoms with Gasteiger partial charge in [0.1, 0.15) is 0 Å². The van der Waals surface area contributed by atoms with Crippen LogP contribution < -0.4 is 10.1 Å². The van der Waals surface area contributed by atoms with Crippen LogP contribution in [0.25, 0.3) is 0 Å². The van der Waals surface area contributed by atoms with E-state index >= 15 is 0 Å². The van der Waals surface area contributed by atoms with Gasteiger partial charge in [-0.15, -0.1) is 0 Å². The van der Waals surface area contributed by atoms with Gasteiger partial charge in [0.05, 0.1) is 7.11 Å². The molecular weight excluding hydrogens is 213 g/mol. The molecule has 0 saturated carbocycles. The predicted octanol–water partition coefficient (Wildman–Crippen LogP) is 2.75. The topological polar surface area (TPSA) is 21.3 Å². The Balaban J connectivity index is 2.05. The number of halogens is 1. The van der Waals surface area contributed by atoms with E-state index < -0.39 is 0 Å². The van der Waals surface area contributed by atoms with Gasteiger partial charge in [-0.3, -0.25) is 0 Å². The van der Waals surface area contributed by atoms with Crippen LogP contribution in [0.2, 0.25) is 0 Å². The summed E-state index contributed by atoms with van der Waals surface area (Å²) in [5, 5.41) is 3.32. The maximum absolute atomic E-state index is 13.4. The molecule has 1 atom stereocenters. The molecule has 1 fully saturated rings. The summed E-state index contributed by atoms with van der Waals surface area (Å²) >= 11 is 1.93. The lowest BCUT2D eigenvalue weighted by Gasteiger charge is -2.13. The molecule has 1 aromatic carbocycles. The molecule has 1 heterocycles. The number of hydrogen-bond donors (Lipinski definition) is 1. The first kappa shape index (κ1) is 10.6. The Hall–Kier alpha value is -0.900. The maximum Gasteiger partial charge on any atom is 0.167 e. The van der Waals surface area contributed by atoms with Crippen molar-refractivity contribution in [2.24, 2.45) is 0 Å². The van der Waals surface area contributed by atoms with Crippen LogP contribution in [0.1, 0.15) is 6.42 Å². The van der Waals surface area contributed by atoms with E-state index in [9.17, 15) is 4.39 Å².